The Morgan fingerprint density at radius 3 is 1.62 bits per heavy atom. The van der Waals surface area contributed by atoms with Crippen LogP contribution < -0.4 is 43.2 Å². The van der Waals surface area contributed by atoms with Gasteiger partial charge in [-0.2, -0.15) is 0 Å². The van der Waals surface area contributed by atoms with Gasteiger partial charge < -0.3 is 18.4 Å². The van der Waals surface area contributed by atoms with Gasteiger partial charge in [0.25, 0.3) is 10.3 Å². The zero-order chi connectivity index (χ0) is 27.6. The number of benzene rings is 2. The van der Waals surface area contributed by atoms with E-state index in [2.05, 4.69) is 4.72 Å². The van der Waals surface area contributed by atoms with Gasteiger partial charge in [-0.1, -0.05) is 87.4 Å². The summed E-state index contributed by atoms with van der Waals surface area (Å²) >= 11 is 0. The van der Waals surface area contributed by atoms with Crippen molar-refractivity contribution in [1.82, 2.24) is 0 Å². The maximum atomic E-state index is 12.9. The predicted octanol–water partition coefficient (Wildman–Crippen LogP) is 4.74. The minimum absolute atomic E-state index is 0. The van der Waals surface area contributed by atoms with Crippen LogP contribution in [-0.2, 0) is 21.1 Å². The SMILES string of the molecule is COc1cc(C(C)(C)C)c(OC(=O)[N-]S(=O)(=O)Oc2c(C(C)C)cccc2C(C)C)c(C(C)(C)C)c1.[Na+]. The van der Waals surface area contributed by atoms with Gasteiger partial charge in [0.05, 0.1) is 7.11 Å². The third-order valence-electron chi connectivity index (χ3n) is 5.80. The summed E-state index contributed by atoms with van der Waals surface area (Å²) in [5, 5.41) is 0. The molecule has 0 aromatic heterocycles. The van der Waals surface area contributed by atoms with E-state index in [0.717, 1.165) is 0 Å². The minimum atomic E-state index is -4.65. The summed E-state index contributed by atoms with van der Waals surface area (Å²) in [6, 6.07) is 9.05. The van der Waals surface area contributed by atoms with Crippen LogP contribution in [0.15, 0.2) is 30.3 Å². The summed E-state index contributed by atoms with van der Waals surface area (Å²) in [5.74, 6) is 1.09. The Balaban J connectivity index is 0.00000684. The molecule has 0 spiro atoms. The Labute approximate surface area is 245 Å². The van der Waals surface area contributed by atoms with E-state index in [9.17, 15) is 13.2 Å². The zero-order valence-electron chi connectivity index (χ0n) is 24.3. The van der Waals surface area contributed by atoms with Crippen molar-refractivity contribution in [2.75, 3.05) is 7.11 Å². The summed E-state index contributed by atoms with van der Waals surface area (Å²) in [4.78, 5) is 12.9. The van der Waals surface area contributed by atoms with Crippen LogP contribution >= 0.6 is 0 Å². The Bertz CT molecular complexity index is 1150. The maximum absolute atomic E-state index is 12.9. The van der Waals surface area contributed by atoms with Crippen molar-refractivity contribution in [2.24, 2.45) is 0 Å². The van der Waals surface area contributed by atoms with Gasteiger partial charge in [-0.25, -0.2) is 8.42 Å². The summed E-state index contributed by atoms with van der Waals surface area (Å²) in [6.07, 6.45) is -1.27. The summed E-state index contributed by atoms with van der Waals surface area (Å²) in [6.45, 7) is 19.6. The Kier molecular flexibility index (Phi) is 11.2. The fourth-order valence-corrected chi connectivity index (χ4v) is 4.50. The second kappa shape index (κ2) is 12.4. The van der Waals surface area contributed by atoms with Gasteiger partial charge in [0.1, 0.15) is 17.2 Å². The second-order valence-electron chi connectivity index (χ2n) is 11.6. The number of nitrogens with zero attached hydrogens (tertiary/aromatic N) is 1. The monoisotopic (exact) mass is 541 g/mol. The van der Waals surface area contributed by atoms with E-state index in [1.807, 2.05) is 87.4 Å². The quantitative estimate of drug-likeness (QED) is 0.470. The molecule has 0 saturated carbocycles. The van der Waals surface area contributed by atoms with E-state index >= 15 is 0 Å². The number of para-hydroxylation sites is 1. The van der Waals surface area contributed by atoms with Gasteiger partial charge in [0.15, 0.2) is 0 Å². The Morgan fingerprint density at radius 2 is 1.27 bits per heavy atom. The third-order valence-corrected chi connectivity index (χ3v) is 6.55. The van der Waals surface area contributed by atoms with Gasteiger partial charge in [-0.15, -0.1) is 0 Å². The first-order valence-electron chi connectivity index (χ1n) is 12.1. The number of hydrogen-bond donors (Lipinski definition) is 0. The normalized spacial score (nSPS) is 12.2. The molecule has 0 aliphatic carbocycles. The number of carbonyl (C=O) groups excluding carboxylic acids is 1. The molecular weight excluding hydrogens is 501 g/mol. The van der Waals surface area contributed by atoms with Crippen LogP contribution in [0.1, 0.15) is 103 Å². The molecule has 9 heteroatoms. The molecule has 0 bridgehead atoms. The molecule has 0 N–H and O–H groups in total. The van der Waals surface area contributed by atoms with E-state index < -0.39 is 27.2 Å². The molecule has 0 heterocycles. The molecule has 7 nitrogen and oxygen atoms in total. The van der Waals surface area contributed by atoms with Crippen LogP contribution in [0.5, 0.6) is 17.2 Å². The first-order chi connectivity index (χ1) is 16.4. The van der Waals surface area contributed by atoms with Gasteiger partial charge >= 0.3 is 29.6 Å². The fraction of sp³-hybridized carbons (Fsp3) is 0.536. The molecule has 37 heavy (non-hydrogen) atoms. The van der Waals surface area contributed by atoms with Crippen molar-refractivity contribution in [1.29, 1.82) is 0 Å². The van der Waals surface area contributed by atoms with Crippen molar-refractivity contribution in [3.8, 4) is 17.2 Å². The molecule has 0 saturated heterocycles. The average molecular weight is 542 g/mol. The predicted molar refractivity (Wildman–Crippen MR) is 144 cm³/mol. The van der Waals surface area contributed by atoms with Crippen LogP contribution in [0.4, 0.5) is 4.79 Å². The van der Waals surface area contributed by atoms with Crippen molar-refractivity contribution in [3.05, 3.63) is 57.3 Å². The number of hydrogen-bond acceptors (Lipinski definition) is 6. The molecular formula is C28H40NNaO6S. The molecule has 0 atom stereocenters. The molecule has 0 aliphatic rings. The minimum Gasteiger partial charge on any atom is -0.497 e. The van der Waals surface area contributed by atoms with E-state index in [0.29, 0.717) is 28.0 Å². The van der Waals surface area contributed by atoms with E-state index in [1.54, 1.807) is 19.2 Å². The molecule has 0 radical (unpaired) electrons. The largest absolute Gasteiger partial charge is 1.00 e. The van der Waals surface area contributed by atoms with Crippen LogP contribution in [-0.4, -0.2) is 21.6 Å². The van der Waals surface area contributed by atoms with Crippen molar-refractivity contribution >= 4 is 16.4 Å². The number of carbonyl (C=O) groups is 1. The van der Waals surface area contributed by atoms with Gasteiger partial charge in [-0.3, -0.25) is 4.79 Å². The average Bonchev–Trinajstić information content (AvgIpc) is 2.71. The molecule has 0 fully saturated rings. The molecule has 1 amide bonds. The number of methoxy groups -OCH3 is 1. The third kappa shape index (κ3) is 8.63. The van der Waals surface area contributed by atoms with Gasteiger partial charge in [-0.05, 0) is 45.9 Å². The van der Waals surface area contributed by atoms with Crippen LogP contribution in [0.2, 0.25) is 0 Å². The Morgan fingerprint density at radius 1 is 0.838 bits per heavy atom. The number of ether oxygens (including phenoxy) is 2. The van der Waals surface area contributed by atoms with Crippen molar-refractivity contribution < 1.29 is 56.4 Å². The molecule has 2 aromatic rings. The van der Waals surface area contributed by atoms with Gasteiger partial charge in [0.2, 0.25) is 6.09 Å². The molecule has 200 valence electrons. The standard InChI is InChI=1S/C28H41NO6S.Na/c1-17(2)20-13-12-14-21(18(3)4)24(20)35-36(31,32)29-26(30)34-25-22(27(5,6)7)15-19(33-11)16-23(25)28(8,9)10;/h12-18H,1-11H3,(H,29,30);/q;+1/p-1. The molecule has 2 rings (SSSR count). The van der Waals surface area contributed by atoms with E-state index in [1.165, 1.54) is 0 Å². The van der Waals surface area contributed by atoms with Crippen LogP contribution in [0, 0.1) is 0 Å². The molecule has 0 aliphatic heterocycles. The van der Waals surface area contributed by atoms with Crippen molar-refractivity contribution in [2.45, 2.75) is 91.9 Å². The topological polar surface area (TPSA) is 93.0 Å². The summed E-state index contributed by atoms with van der Waals surface area (Å²) in [5.41, 5.74) is 1.97. The maximum Gasteiger partial charge on any atom is 1.00 e. The summed E-state index contributed by atoms with van der Waals surface area (Å²) in [7, 11) is -3.08. The first kappa shape index (κ1) is 33.3. The summed E-state index contributed by atoms with van der Waals surface area (Å²) < 4.78 is 45.7. The zero-order valence-corrected chi connectivity index (χ0v) is 27.2. The van der Waals surface area contributed by atoms with Crippen LogP contribution in [0.25, 0.3) is 4.72 Å². The fourth-order valence-electron chi connectivity index (χ4n) is 3.84. The van der Waals surface area contributed by atoms with E-state index in [4.69, 9.17) is 13.7 Å². The first-order valence-corrected chi connectivity index (χ1v) is 13.5. The smallest absolute Gasteiger partial charge is 0.497 e. The van der Waals surface area contributed by atoms with Crippen LogP contribution in [0.3, 0.4) is 0 Å². The number of amides is 1. The molecule has 0 unspecified atom stereocenters. The van der Waals surface area contributed by atoms with Crippen molar-refractivity contribution in [3.63, 3.8) is 0 Å². The van der Waals surface area contributed by atoms with E-state index in [-0.39, 0.29) is 52.9 Å². The second-order valence-corrected chi connectivity index (χ2v) is 12.8. The Hall–Kier alpha value is -1.74. The van der Waals surface area contributed by atoms with Gasteiger partial charge in [0, 0.05) is 11.1 Å². The number of rotatable bonds is 7. The molecule has 2 aromatic carbocycles.